The molecule has 0 atom stereocenters. The van der Waals surface area contributed by atoms with Gasteiger partial charge in [-0.05, 0) is 29.8 Å². The molecule has 0 unspecified atom stereocenters. The summed E-state index contributed by atoms with van der Waals surface area (Å²) < 4.78 is 15.5. The van der Waals surface area contributed by atoms with E-state index in [0.29, 0.717) is 26.1 Å². The molecule has 0 aliphatic carbocycles. The molecule has 0 N–H and O–H groups in total. The van der Waals surface area contributed by atoms with Gasteiger partial charge in [0.2, 0.25) is 5.91 Å². The van der Waals surface area contributed by atoms with Crippen molar-refractivity contribution in [3.05, 3.63) is 54.0 Å². The zero-order valence-corrected chi connectivity index (χ0v) is 13.0. The number of benzene rings is 1. The van der Waals surface area contributed by atoms with Crippen LogP contribution in [0.2, 0.25) is 0 Å². The van der Waals surface area contributed by atoms with E-state index in [0.717, 1.165) is 17.1 Å². The zero-order chi connectivity index (χ0) is 15.8. The van der Waals surface area contributed by atoms with E-state index in [9.17, 15) is 4.79 Å². The highest BCUT2D eigenvalue weighted by molar-refractivity contribution is 5.78. The zero-order valence-electron chi connectivity index (χ0n) is 13.0. The molecule has 118 valence electrons. The van der Waals surface area contributed by atoms with Crippen LogP contribution in [0.4, 0.5) is 0 Å². The van der Waals surface area contributed by atoms with Crippen LogP contribution in [-0.4, -0.2) is 38.2 Å². The van der Waals surface area contributed by atoms with Crippen LogP contribution < -0.4 is 4.74 Å². The summed E-state index contributed by atoms with van der Waals surface area (Å²) in [6.45, 7) is 1.48. The first-order valence-corrected chi connectivity index (χ1v) is 7.15. The molecule has 1 aromatic carbocycles. The number of furan rings is 1. The van der Waals surface area contributed by atoms with Crippen LogP contribution in [0.25, 0.3) is 0 Å². The van der Waals surface area contributed by atoms with Crippen LogP contribution in [-0.2, 0) is 22.5 Å². The Morgan fingerprint density at radius 1 is 1.18 bits per heavy atom. The normalized spacial score (nSPS) is 10.5. The fraction of sp³-hybridized carbons (Fsp3) is 0.353. The van der Waals surface area contributed by atoms with Gasteiger partial charge in [0.25, 0.3) is 0 Å². The second-order valence-corrected chi connectivity index (χ2v) is 4.91. The molecule has 0 radical (unpaired) electrons. The lowest BCUT2D eigenvalue weighted by Gasteiger charge is -2.21. The highest BCUT2D eigenvalue weighted by Crippen LogP contribution is 2.13. The molecular formula is C17H21NO4. The van der Waals surface area contributed by atoms with Crippen molar-refractivity contribution >= 4 is 5.91 Å². The van der Waals surface area contributed by atoms with Gasteiger partial charge in [-0.1, -0.05) is 12.1 Å². The first-order chi connectivity index (χ1) is 10.7. The number of carbonyl (C=O) groups is 1. The second kappa shape index (κ2) is 8.24. The van der Waals surface area contributed by atoms with E-state index in [1.54, 1.807) is 25.4 Å². The van der Waals surface area contributed by atoms with Gasteiger partial charge in [-0.15, -0.1) is 0 Å². The van der Waals surface area contributed by atoms with Gasteiger partial charge in [0.1, 0.15) is 11.5 Å². The maximum absolute atomic E-state index is 12.5. The minimum absolute atomic E-state index is 0.0404. The predicted molar refractivity (Wildman–Crippen MR) is 82.7 cm³/mol. The van der Waals surface area contributed by atoms with Crippen molar-refractivity contribution in [1.82, 2.24) is 4.90 Å². The van der Waals surface area contributed by atoms with E-state index in [2.05, 4.69) is 0 Å². The third kappa shape index (κ3) is 4.63. The molecule has 0 aliphatic heterocycles. The van der Waals surface area contributed by atoms with Crippen molar-refractivity contribution < 1.29 is 18.7 Å². The Balaban J connectivity index is 2.00. The standard InChI is InChI=1S/C17H21NO4/c1-20-11-9-18(13-16-4-3-10-22-16)17(19)12-14-5-7-15(21-2)8-6-14/h3-8,10H,9,11-13H2,1-2H3. The van der Waals surface area contributed by atoms with Crippen molar-refractivity contribution in [2.75, 3.05) is 27.4 Å². The third-order valence-electron chi connectivity index (χ3n) is 3.36. The van der Waals surface area contributed by atoms with Gasteiger partial charge in [-0.3, -0.25) is 4.79 Å². The summed E-state index contributed by atoms with van der Waals surface area (Å²) in [4.78, 5) is 14.2. The van der Waals surface area contributed by atoms with E-state index in [1.165, 1.54) is 0 Å². The van der Waals surface area contributed by atoms with E-state index in [4.69, 9.17) is 13.9 Å². The Labute approximate surface area is 130 Å². The molecule has 5 nitrogen and oxygen atoms in total. The van der Waals surface area contributed by atoms with Gasteiger partial charge in [0.15, 0.2) is 0 Å². The van der Waals surface area contributed by atoms with Crippen LogP contribution >= 0.6 is 0 Å². The molecular weight excluding hydrogens is 282 g/mol. The number of hydrogen-bond acceptors (Lipinski definition) is 4. The number of amides is 1. The van der Waals surface area contributed by atoms with E-state index >= 15 is 0 Å². The van der Waals surface area contributed by atoms with Gasteiger partial charge >= 0.3 is 0 Å². The SMILES string of the molecule is COCCN(Cc1ccco1)C(=O)Cc1ccc(OC)cc1. The van der Waals surface area contributed by atoms with E-state index < -0.39 is 0 Å². The van der Waals surface area contributed by atoms with Gasteiger partial charge in [-0.2, -0.15) is 0 Å². The Bertz CT molecular complexity index is 563. The Kier molecular flexibility index (Phi) is 6.03. The average Bonchev–Trinajstić information content (AvgIpc) is 3.05. The minimum atomic E-state index is 0.0404. The van der Waals surface area contributed by atoms with Gasteiger partial charge in [0, 0.05) is 13.7 Å². The molecule has 1 heterocycles. The monoisotopic (exact) mass is 303 g/mol. The maximum Gasteiger partial charge on any atom is 0.227 e. The predicted octanol–water partition coefficient (Wildman–Crippen LogP) is 2.51. The molecule has 0 saturated heterocycles. The fourth-order valence-corrected chi connectivity index (χ4v) is 2.11. The summed E-state index contributed by atoms with van der Waals surface area (Å²) in [5, 5.41) is 0. The molecule has 1 aromatic heterocycles. The maximum atomic E-state index is 12.5. The first kappa shape index (κ1) is 16.1. The average molecular weight is 303 g/mol. The lowest BCUT2D eigenvalue weighted by molar-refractivity contribution is -0.132. The second-order valence-electron chi connectivity index (χ2n) is 4.91. The number of nitrogens with zero attached hydrogens (tertiary/aromatic N) is 1. The summed E-state index contributed by atoms with van der Waals surface area (Å²) in [6.07, 6.45) is 1.95. The summed E-state index contributed by atoms with van der Waals surface area (Å²) in [5.41, 5.74) is 0.952. The summed E-state index contributed by atoms with van der Waals surface area (Å²) in [5.74, 6) is 1.58. The van der Waals surface area contributed by atoms with Crippen LogP contribution in [0, 0.1) is 0 Å². The van der Waals surface area contributed by atoms with Gasteiger partial charge in [-0.25, -0.2) is 0 Å². The highest BCUT2D eigenvalue weighted by Gasteiger charge is 2.15. The molecule has 0 bridgehead atoms. The number of hydrogen-bond donors (Lipinski definition) is 0. The molecule has 2 rings (SSSR count). The van der Waals surface area contributed by atoms with Crippen LogP contribution in [0.5, 0.6) is 5.75 Å². The van der Waals surface area contributed by atoms with Crippen LogP contribution in [0.15, 0.2) is 47.1 Å². The molecule has 0 fully saturated rings. The van der Waals surface area contributed by atoms with Crippen LogP contribution in [0.1, 0.15) is 11.3 Å². The fourth-order valence-electron chi connectivity index (χ4n) is 2.11. The van der Waals surface area contributed by atoms with Gasteiger partial charge < -0.3 is 18.8 Å². The van der Waals surface area contributed by atoms with Crippen LogP contribution in [0.3, 0.4) is 0 Å². The highest BCUT2D eigenvalue weighted by atomic mass is 16.5. The lowest BCUT2D eigenvalue weighted by Crippen LogP contribution is -2.34. The molecule has 2 aromatic rings. The summed E-state index contributed by atoms with van der Waals surface area (Å²) in [6, 6.07) is 11.2. The smallest absolute Gasteiger partial charge is 0.227 e. The van der Waals surface area contributed by atoms with Gasteiger partial charge in [0.05, 0.1) is 32.9 Å². The first-order valence-electron chi connectivity index (χ1n) is 7.15. The molecule has 0 saturated carbocycles. The number of ether oxygens (including phenoxy) is 2. The number of rotatable bonds is 8. The summed E-state index contributed by atoms with van der Waals surface area (Å²) in [7, 11) is 3.25. The van der Waals surface area contributed by atoms with Crippen molar-refractivity contribution in [2.45, 2.75) is 13.0 Å². The quantitative estimate of drug-likeness (QED) is 0.752. The van der Waals surface area contributed by atoms with Crippen molar-refractivity contribution in [3.8, 4) is 5.75 Å². The minimum Gasteiger partial charge on any atom is -0.497 e. The molecule has 0 aliphatic rings. The van der Waals surface area contributed by atoms with E-state index in [-0.39, 0.29) is 5.91 Å². The number of methoxy groups -OCH3 is 2. The van der Waals surface area contributed by atoms with E-state index in [1.807, 2.05) is 36.4 Å². The Morgan fingerprint density at radius 2 is 1.95 bits per heavy atom. The molecule has 1 amide bonds. The topological polar surface area (TPSA) is 51.9 Å². The Hall–Kier alpha value is -2.27. The van der Waals surface area contributed by atoms with Crippen molar-refractivity contribution in [1.29, 1.82) is 0 Å². The Morgan fingerprint density at radius 3 is 2.55 bits per heavy atom. The largest absolute Gasteiger partial charge is 0.497 e. The lowest BCUT2D eigenvalue weighted by atomic mass is 10.1. The number of carbonyl (C=O) groups excluding carboxylic acids is 1. The molecule has 0 spiro atoms. The molecule has 5 heteroatoms. The van der Waals surface area contributed by atoms with Crippen molar-refractivity contribution in [2.24, 2.45) is 0 Å². The third-order valence-corrected chi connectivity index (χ3v) is 3.36. The van der Waals surface area contributed by atoms with Crippen molar-refractivity contribution in [3.63, 3.8) is 0 Å². The molecule has 22 heavy (non-hydrogen) atoms. The summed E-state index contributed by atoms with van der Waals surface area (Å²) >= 11 is 0.